The van der Waals surface area contributed by atoms with Crippen LogP contribution in [0.5, 0.6) is 23.1 Å². The van der Waals surface area contributed by atoms with E-state index in [4.69, 9.17) is 54.0 Å². The monoisotopic (exact) mass is 907 g/mol. The summed E-state index contributed by atoms with van der Waals surface area (Å²) in [5, 5.41) is 33.6. The van der Waals surface area contributed by atoms with Crippen molar-refractivity contribution in [1.82, 2.24) is 30.7 Å². The van der Waals surface area contributed by atoms with Crippen LogP contribution in [0.3, 0.4) is 0 Å². The number of hydrogen-bond acceptors (Lipinski definition) is 23. The van der Waals surface area contributed by atoms with Gasteiger partial charge in [0.05, 0.1) is 49.2 Å². The van der Waals surface area contributed by atoms with E-state index in [9.17, 15) is 18.0 Å². The molecule has 0 saturated carbocycles. The van der Waals surface area contributed by atoms with Crippen LogP contribution < -0.4 is 18.5 Å². The molecule has 24 nitrogen and oxygen atoms in total. The molecular weight excluding hydrogens is 859 g/mol. The van der Waals surface area contributed by atoms with E-state index in [1.807, 2.05) is 20.8 Å². The number of sulfonamides is 1. The van der Waals surface area contributed by atoms with Gasteiger partial charge in [0.25, 0.3) is 15.9 Å². The molecule has 0 unspecified atom stereocenters. The quantitative estimate of drug-likeness (QED) is 0.0292. The number of carbonyl (C=O) groups excluding carboxylic acids is 2. The minimum Gasteiger partial charge on any atom is -0.493 e. The number of methoxy groups -OCH3 is 1. The summed E-state index contributed by atoms with van der Waals surface area (Å²) < 4.78 is 69.0. The molecule has 4 N–H and O–H groups in total. The molecule has 0 amide bonds. The maximum absolute atomic E-state index is 14.8. The average molecular weight is 908 g/mol. The predicted octanol–water partition coefficient (Wildman–Crippen LogP) is 4.47. The fourth-order valence-electron chi connectivity index (χ4n) is 5.10. The first-order chi connectivity index (χ1) is 30.1. The molecule has 63 heavy (non-hydrogen) atoms. The Morgan fingerprint density at radius 2 is 1.37 bits per heavy atom. The minimum absolute atomic E-state index is 0.0301. The van der Waals surface area contributed by atoms with E-state index in [1.54, 1.807) is 30.3 Å². The molecule has 0 aliphatic heterocycles. The van der Waals surface area contributed by atoms with E-state index in [-0.39, 0.29) is 92.0 Å². The third-order valence-corrected chi connectivity index (χ3v) is 9.88. The molecule has 0 fully saturated rings. The Kier molecular flexibility index (Phi) is 19.5. The van der Waals surface area contributed by atoms with Crippen LogP contribution in [0.25, 0.3) is 11.6 Å². The molecule has 0 radical (unpaired) electrons. The Bertz CT molecular complexity index is 2150. The summed E-state index contributed by atoms with van der Waals surface area (Å²) in [5.41, 5.74) is 0.484. The third kappa shape index (κ3) is 16.1. The second kappa shape index (κ2) is 24.7. The van der Waals surface area contributed by atoms with E-state index in [2.05, 4.69) is 29.6 Å². The number of rotatable bonds is 26. The lowest BCUT2D eigenvalue weighted by Gasteiger charge is -2.26. The molecule has 0 atom stereocenters. The van der Waals surface area contributed by atoms with Crippen molar-refractivity contribution >= 4 is 28.0 Å². The number of aromatic nitrogens is 4. The van der Waals surface area contributed by atoms with Crippen molar-refractivity contribution in [3.05, 3.63) is 72.6 Å². The van der Waals surface area contributed by atoms with Crippen molar-refractivity contribution in [2.45, 2.75) is 50.3 Å². The lowest BCUT2D eigenvalue weighted by atomic mass is 9.87. The fraction of sp³-hybridized carbons (Fsp3) is 0.421. The van der Waals surface area contributed by atoms with E-state index in [0.717, 1.165) is 5.56 Å². The van der Waals surface area contributed by atoms with Crippen LogP contribution in [0.2, 0.25) is 0 Å². The summed E-state index contributed by atoms with van der Waals surface area (Å²) in [6, 6.07) is 13.9. The molecule has 0 spiro atoms. The minimum atomic E-state index is -4.74. The van der Waals surface area contributed by atoms with E-state index in [0.29, 0.717) is 17.1 Å². The fourth-order valence-corrected chi connectivity index (χ4v) is 6.38. The highest BCUT2D eigenvalue weighted by atomic mass is 32.2. The summed E-state index contributed by atoms with van der Waals surface area (Å²) in [6.45, 7) is 3.25. The summed E-state index contributed by atoms with van der Waals surface area (Å²) in [7, 11) is -3.36. The summed E-state index contributed by atoms with van der Waals surface area (Å²) >= 11 is 0. The molecule has 4 rings (SSSR count). The van der Waals surface area contributed by atoms with Crippen LogP contribution >= 0.6 is 0 Å². The van der Waals surface area contributed by atoms with Crippen LogP contribution in [-0.2, 0) is 48.9 Å². The van der Waals surface area contributed by atoms with E-state index < -0.39 is 51.2 Å². The normalized spacial score (nSPS) is 11.7. The third-order valence-electron chi connectivity index (χ3n) is 8.16. The molecule has 2 aromatic carbocycles. The predicted molar refractivity (Wildman–Crippen MR) is 212 cm³/mol. The van der Waals surface area contributed by atoms with Gasteiger partial charge in [-0.2, -0.15) is 4.98 Å². The zero-order valence-corrected chi connectivity index (χ0v) is 35.6. The maximum Gasteiger partial charge on any atom is 0.510 e. The zero-order chi connectivity index (χ0) is 45.8. The van der Waals surface area contributed by atoms with E-state index >= 15 is 0 Å². The maximum atomic E-state index is 14.8. The zero-order valence-electron chi connectivity index (χ0n) is 34.8. The van der Waals surface area contributed by atoms with Crippen molar-refractivity contribution in [3.8, 4) is 34.8 Å². The summed E-state index contributed by atoms with van der Waals surface area (Å²) in [5.74, 6) is -1.98. The number of esters is 1. The molecular formula is C38H49N7O17S. The Morgan fingerprint density at radius 1 is 0.714 bits per heavy atom. The second-order valence-corrected chi connectivity index (χ2v) is 15.5. The number of ether oxygens (including phenoxy) is 7. The van der Waals surface area contributed by atoms with Crippen molar-refractivity contribution in [2.75, 3.05) is 64.4 Å². The van der Waals surface area contributed by atoms with Crippen LogP contribution in [0.1, 0.15) is 45.6 Å². The lowest BCUT2D eigenvalue weighted by molar-refractivity contribution is -0.493. The number of carbonyl (C=O) groups is 2. The van der Waals surface area contributed by atoms with Crippen LogP contribution in [0, 0.1) is 0 Å². The van der Waals surface area contributed by atoms with Gasteiger partial charge in [-0.25, -0.2) is 37.3 Å². The molecule has 25 heteroatoms. The first-order valence-corrected chi connectivity index (χ1v) is 20.4. The molecule has 2 aromatic heterocycles. The van der Waals surface area contributed by atoms with Crippen molar-refractivity contribution in [2.24, 2.45) is 0 Å². The molecule has 2 heterocycles. The van der Waals surface area contributed by atoms with Crippen molar-refractivity contribution in [1.29, 1.82) is 0 Å². The Balaban J connectivity index is 1.76. The number of benzene rings is 2. The van der Waals surface area contributed by atoms with Gasteiger partial charge in [0, 0.05) is 18.8 Å². The molecule has 0 saturated heterocycles. The lowest BCUT2D eigenvalue weighted by Crippen LogP contribution is -2.36. The van der Waals surface area contributed by atoms with Gasteiger partial charge in [-0.3, -0.25) is 30.5 Å². The summed E-state index contributed by atoms with van der Waals surface area (Å²) in [6.07, 6.45) is 2.07. The van der Waals surface area contributed by atoms with Crippen LogP contribution in [0.15, 0.2) is 71.9 Å². The van der Waals surface area contributed by atoms with Gasteiger partial charge in [-0.1, -0.05) is 45.0 Å². The van der Waals surface area contributed by atoms with Gasteiger partial charge in [0.2, 0.25) is 11.6 Å². The van der Waals surface area contributed by atoms with Gasteiger partial charge in [-0.15, -0.1) is 0 Å². The molecule has 344 valence electrons. The second-order valence-electron chi connectivity index (χ2n) is 13.6. The Morgan fingerprint density at radius 3 is 2.03 bits per heavy atom. The van der Waals surface area contributed by atoms with Crippen LogP contribution in [0.4, 0.5) is 10.6 Å². The van der Waals surface area contributed by atoms with Gasteiger partial charge < -0.3 is 33.2 Å². The first kappa shape index (κ1) is 49.8. The Hall–Kier alpha value is -5.87. The molecule has 0 aliphatic carbocycles. The highest BCUT2D eigenvalue weighted by molar-refractivity contribution is 7.92. The number of unbranched alkanes of at least 4 members (excludes halogenated alkanes) is 1. The van der Waals surface area contributed by atoms with Gasteiger partial charge in [-0.05, 0) is 54.2 Å². The summed E-state index contributed by atoms with van der Waals surface area (Å²) in [4.78, 5) is 51.4. The highest BCUT2D eigenvalue weighted by Crippen LogP contribution is 2.43. The number of para-hydroxylation sites is 2. The van der Waals surface area contributed by atoms with Gasteiger partial charge >= 0.3 is 12.1 Å². The van der Waals surface area contributed by atoms with Gasteiger partial charge in [0.15, 0.2) is 29.9 Å². The smallest absolute Gasteiger partial charge is 0.493 e. The molecule has 0 bridgehead atoms. The first-order valence-electron chi connectivity index (χ1n) is 19.0. The highest BCUT2D eigenvalue weighted by Gasteiger charge is 2.35. The van der Waals surface area contributed by atoms with E-state index in [1.165, 1.54) is 43.8 Å². The van der Waals surface area contributed by atoms with Crippen LogP contribution in [-0.4, -0.2) is 132 Å². The Labute approximate surface area is 361 Å². The number of hydrogen-bond donors (Lipinski definition) is 4. The standard InChI is InChI=1S/C38H49N7O17S/c1-38(2,3)27-13-15-28(16-14-27)63(52,53)43(26-59-37(47)58-22-20-55-21-25-61-45(50)51)35-32(62-30-11-6-5-10-29(30)54-4)36(42-34(41-35)33-39-17-9-18-40-33)57-24-23-56-31(46)12-7-8-19-60-44(48)49/h5-6,9-11,13-18,48-51H,7-8,12,19-26H2,1-4H3. The number of anilines is 1. The van der Waals surface area contributed by atoms with Crippen molar-refractivity contribution in [3.63, 3.8) is 0 Å². The average Bonchev–Trinajstić information content (AvgIpc) is 3.25. The van der Waals surface area contributed by atoms with Crippen molar-refractivity contribution < 1.29 is 81.7 Å². The molecule has 0 aliphatic rings. The SMILES string of the molecule is COc1ccccc1Oc1c(OCCOC(=O)CCCCON(O)O)nc(-c2ncccn2)nc1N(COC(=O)OCCOCCON(O)O)S(=O)(=O)c1ccc(C(C)(C)C)cc1. The largest absolute Gasteiger partial charge is 0.510 e. The topological polar surface area (TPSA) is 294 Å². The number of nitrogens with zero attached hydrogens (tertiary/aromatic N) is 7. The van der Waals surface area contributed by atoms with Gasteiger partial charge in [0.1, 0.15) is 19.8 Å². The molecule has 4 aromatic rings.